The Morgan fingerprint density at radius 3 is 3.00 bits per heavy atom. The fourth-order valence-electron chi connectivity index (χ4n) is 1.51. The maximum absolute atomic E-state index is 11.4. The van der Waals surface area contributed by atoms with Gasteiger partial charge in [-0.2, -0.15) is 0 Å². The molecule has 2 heterocycles. The number of epoxide rings is 1. The first kappa shape index (κ1) is 7.25. The minimum atomic E-state index is 0.138. The van der Waals surface area contributed by atoms with E-state index in [1.807, 2.05) is 0 Å². The molecule has 2 rings (SSSR count). The Hall–Kier alpha value is -0.410. The van der Waals surface area contributed by atoms with Gasteiger partial charge in [-0.25, -0.2) is 0 Å². The third-order valence-electron chi connectivity index (χ3n) is 2.28. The van der Waals surface area contributed by atoms with Gasteiger partial charge in [-0.1, -0.05) is 0 Å². The van der Waals surface area contributed by atoms with Crippen LogP contribution in [0.15, 0.2) is 0 Å². The fraction of sp³-hybridized carbons (Fsp3) is 0.875. The number of carbonyl (C=O) groups is 1. The molecule has 3 nitrogen and oxygen atoms in total. The van der Waals surface area contributed by atoms with Crippen LogP contribution in [0.1, 0.15) is 19.3 Å². The molecule has 0 aromatic heterocycles. The molecule has 0 aliphatic carbocycles. The summed E-state index contributed by atoms with van der Waals surface area (Å²) in [5, 5.41) is 3.18. The summed E-state index contributed by atoms with van der Waals surface area (Å²) in [5.74, 6) is 0.338. The summed E-state index contributed by atoms with van der Waals surface area (Å²) in [6.45, 7) is 1.79. The van der Waals surface area contributed by atoms with E-state index in [1.54, 1.807) is 0 Å². The molecule has 0 saturated carbocycles. The number of nitrogens with one attached hydrogen (secondary N) is 1. The van der Waals surface area contributed by atoms with Crippen LogP contribution in [-0.2, 0) is 9.53 Å². The van der Waals surface area contributed by atoms with E-state index in [1.165, 1.54) is 0 Å². The summed E-state index contributed by atoms with van der Waals surface area (Å²) in [6.07, 6.45) is 3.04. The molecule has 2 fully saturated rings. The normalized spacial score (nSPS) is 35.6. The molecule has 2 atom stereocenters. The molecule has 0 aromatic carbocycles. The van der Waals surface area contributed by atoms with Crippen molar-refractivity contribution in [2.45, 2.75) is 31.4 Å². The van der Waals surface area contributed by atoms with Crippen molar-refractivity contribution >= 4 is 5.78 Å². The fourth-order valence-corrected chi connectivity index (χ4v) is 1.51. The molecule has 62 valence electrons. The quantitative estimate of drug-likeness (QED) is 0.587. The van der Waals surface area contributed by atoms with Crippen LogP contribution in [0.25, 0.3) is 0 Å². The molecule has 11 heavy (non-hydrogen) atoms. The van der Waals surface area contributed by atoms with Crippen LogP contribution in [0.5, 0.6) is 0 Å². The van der Waals surface area contributed by atoms with Gasteiger partial charge in [0.25, 0.3) is 0 Å². The Kier molecular flexibility index (Phi) is 1.92. The smallest absolute Gasteiger partial charge is 0.152 e. The van der Waals surface area contributed by atoms with E-state index >= 15 is 0 Å². The molecule has 2 aliphatic rings. The van der Waals surface area contributed by atoms with E-state index in [4.69, 9.17) is 4.74 Å². The lowest BCUT2D eigenvalue weighted by Gasteiger charge is -2.06. The van der Waals surface area contributed by atoms with E-state index in [9.17, 15) is 4.79 Å². The van der Waals surface area contributed by atoms with Gasteiger partial charge in [-0.15, -0.1) is 0 Å². The molecule has 2 aliphatic heterocycles. The van der Waals surface area contributed by atoms with Crippen LogP contribution in [0.2, 0.25) is 0 Å². The van der Waals surface area contributed by atoms with Gasteiger partial charge in [0, 0.05) is 6.42 Å². The molecule has 3 heteroatoms. The zero-order chi connectivity index (χ0) is 7.68. The van der Waals surface area contributed by atoms with Gasteiger partial charge in [0.1, 0.15) is 0 Å². The van der Waals surface area contributed by atoms with Gasteiger partial charge in [0.2, 0.25) is 0 Å². The topological polar surface area (TPSA) is 41.6 Å². The first-order chi connectivity index (χ1) is 5.36. The van der Waals surface area contributed by atoms with Crippen LogP contribution >= 0.6 is 0 Å². The molecular weight excluding hydrogens is 142 g/mol. The van der Waals surface area contributed by atoms with E-state index < -0.39 is 0 Å². The van der Waals surface area contributed by atoms with E-state index in [-0.39, 0.29) is 12.1 Å². The van der Waals surface area contributed by atoms with Crippen molar-refractivity contribution in [3.63, 3.8) is 0 Å². The zero-order valence-electron chi connectivity index (χ0n) is 6.51. The first-order valence-electron chi connectivity index (χ1n) is 4.24. The lowest BCUT2D eigenvalue weighted by molar-refractivity contribution is -0.121. The minimum Gasteiger partial charge on any atom is -0.373 e. The number of ketones is 1. The van der Waals surface area contributed by atoms with E-state index in [0.717, 1.165) is 26.0 Å². The van der Waals surface area contributed by atoms with Gasteiger partial charge in [-0.3, -0.25) is 4.79 Å². The summed E-state index contributed by atoms with van der Waals surface area (Å²) in [7, 11) is 0. The van der Waals surface area contributed by atoms with Gasteiger partial charge >= 0.3 is 0 Å². The molecule has 0 amide bonds. The molecule has 0 radical (unpaired) electrons. The number of hydrogen-bond acceptors (Lipinski definition) is 3. The van der Waals surface area contributed by atoms with Crippen LogP contribution in [0.4, 0.5) is 0 Å². The Labute approximate surface area is 66.1 Å². The summed E-state index contributed by atoms with van der Waals surface area (Å²) < 4.78 is 4.99. The Bertz CT molecular complexity index is 159. The standard InChI is InChI=1S/C8H13NO2/c10-8(4-6-5-11-6)7-2-1-3-9-7/h6-7,9H,1-5H2/t6?,7-/m1/s1. The van der Waals surface area contributed by atoms with E-state index in [2.05, 4.69) is 5.32 Å². The monoisotopic (exact) mass is 155 g/mol. The molecule has 1 N–H and O–H groups in total. The van der Waals surface area contributed by atoms with Crippen molar-refractivity contribution in [3.8, 4) is 0 Å². The Morgan fingerprint density at radius 2 is 2.45 bits per heavy atom. The molecule has 0 aromatic rings. The summed E-state index contributed by atoms with van der Waals surface area (Å²) >= 11 is 0. The van der Waals surface area contributed by atoms with Crippen LogP contribution in [0.3, 0.4) is 0 Å². The lowest BCUT2D eigenvalue weighted by Crippen LogP contribution is -2.31. The summed E-state index contributed by atoms with van der Waals surface area (Å²) in [4.78, 5) is 11.4. The number of hydrogen-bond donors (Lipinski definition) is 1. The average molecular weight is 155 g/mol. The SMILES string of the molecule is O=C(CC1CO1)[C@H]1CCCN1. The van der Waals surface area contributed by atoms with Crippen LogP contribution in [0, 0.1) is 0 Å². The van der Waals surface area contributed by atoms with Crippen LogP contribution in [-0.4, -0.2) is 31.1 Å². The highest BCUT2D eigenvalue weighted by Crippen LogP contribution is 2.17. The average Bonchev–Trinajstić information content (AvgIpc) is 2.67. The number of carbonyl (C=O) groups excluding carboxylic acids is 1. The number of Topliss-reactive ketones (excluding diaryl/α,β-unsaturated/α-hetero) is 1. The Balaban J connectivity index is 1.77. The van der Waals surface area contributed by atoms with Crippen molar-refractivity contribution < 1.29 is 9.53 Å². The zero-order valence-corrected chi connectivity index (χ0v) is 6.51. The summed E-state index contributed by atoms with van der Waals surface area (Å²) in [5.41, 5.74) is 0. The van der Waals surface area contributed by atoms with Crippen molar-refractivity contribution in [1.29, 1.82) is 0 Å². The highest BCUT2D eigenvalue weighted by molar-refractivity contribution is 5.84. The third kappa shape index (κ3) is 1.79. The minimum absolute atomic E-state index is 0.138. The molecule has 0 spiro atoms. The highest BCUT2D eigenvalue weighted by Gasteiger charge is 2.30. The molecular formula is C8H13NO2. The van der Waals surface area contributed by atoms with Crippen molar-refractivity contribution in [3.05, 3.63) is 0 Å². The predicted octanol–water partition coefficient (Wildman–Crippen LogP) is 0.0964. The first-order valence-corrected chi connectivity index (χ1v) is 4.24. The van der Waals surface area contributed by atoms with Gasteiger partial charge < -0.3 is 10.1 Å². The van der Waals surface area contributed by atoms with E-state index in [0.29, 0.717) is 12.2 Å². The summed E-state index contributed by atoms with van der Waals surface area (Å²) in [6, 6.07) is 0.138. The lowest BCUT2D eigenvalue weighted by atomic mass is 10.1. The maximum atomic E-state index is 11.4. The number of rotatable bonds is 3. The highest BCUT2D eigenvalue weighted by atomic mass is 16.6. The Morgan fingerprint density at radius 1 is 1.64 bits per heavy atom. The van der Waals surface area contributed by atoms with Crippen molar-refractivity contribution in [1.82, 2.24) is 5.32 Å². The second kappa shape index (κ2) is 2.91. The van der Waals surface area contributed by atoms with Crippen LogP contribution < -0.4 is 5.32 Å². The maximum Gasteiger partial charge on any atom is 0.152 e. The third-order valence-corrected chi connectivity index (χ3v) is 2.28. The molecule has 2 saturated heterocycles. The van der Waals surface area contributed by atoms with Crippen molar-refractivity contribution in [2.75, 3.05) is 13.2 Å². The molecule has 0 bridgehead atoms. The van der Waals surface area contributed by atoms with Gasteiger partial charge in [0.05, 0.1) is 18.8 Å². The largest absolute Gasteiger partial charge is 0.373 e. The van der Waals surface area contributed by atoms with Gasteiger partial charge in [0.15, 0.2) is 5.78 Å². The second-order valence-electron chi connectivity index (χ2n) is 3.27. The predicted molar refractivity (Wildman–Crippen MR) is 40.4 cm³/mol. The second-order valence-corrected chi connectivity index (χ2v) is 3.27. The van der Waals surface area contributed by atoms with Crippen molar-refractivity contribution in [2.24, 2.45) is 0 Å². The van der Waals surface area contributed by atoms with Gasteiger partial charge in [-0.05, 0) is 19.4 Å². The molecule has 1 unspecified atom stereocenters. The number of ether oxygens (including phenoxy) is 1.